The Labute approximate surface area is 176 Å². The summed E-state index contributed by atoms with van der Waals surface area (Å²) in [4.78, 5) is 31.3. The van der Waals surface area contributed by atoms with E-state index in [0.717, 1.165) is 10.6 Å². The maximum Gasteiger partial charge on any atom is 0.270 e. The van der Waals surface area contributed by atoms with E-state index in [9.17, 15) is 9.59 Å². The van der Waals surface area contributed by atoms with Gasteiger partial charge in [0.2, 0.25) is 5.91 Å². The molecule has 2 rings (SSSR count). The van der Waals surface area contributed by atoms with Crippen molar-refractivity contribution >= 4 is 34.8 Å². The Morgan fingerprint density at radius 1 is 1.14 bits per heavy atom. The average molecular weight is 422 g/mol. The van der Waals surface area contributed by atoms with Crippen molar-refractivity contribution in [2.75, 3.05) is 13.1 Å². The number of carbonyl (C=O) groups excluding carboxylic acids is 2. The van der Waals surface area contributed by atoms with Crippen LogP contribution in [0.3, 0.4) is 0 Å². The van der Waals surface area contributed by atoms with Gasteiger partial charge in [-0.25, -0.2) is 4.98 Å². The fraction of sp³-hybridized carbons (Fsp3) is 0.476. The average Bonchev–Trinajstić information content (AvgIpc) is 3.13. The SMILES string of the molecule is CC(C)CNC(=O)c1csc(CN(CC(C)C)C(=O)C(Cl)c2ccccc2)n1. The first kappa shape index (κ1) is 22.4. The summed E-state index contributed by atoms with van der Waals surface area (Å²) in [6, 6.07) is 9.33. The molecule has 7 heteroatoms. The predicted molar refractivity (Wildman–Crippen MR) is 115 cm³/mol. The van der Waals surface area contributed by atoms with Crippen LogP contribution in [0.1, 0.15) is 54.1 Å². The molecule has 2 amide bonds. The van der Waals surface area contributed by atoms with Gasteiger partial charge in [0, 0.05) is 18.5 Å². The predicted octanol–water partition coefficient (Wildman–Crippen LogP) is 4.49. The number of rotatable bonds is 9. The molecule has 0 aliphatic heterocycles. The molecule has 1 aromatic carbocycles. The zero-order chi connectivity index (χ0) is 20.7. The van der Waals surface area contributed by atoms with Gasteiger partial charge in [-0.3, -0.25) is 9.59 Å². The zero-order valence-electron chi connectivity index (χ0n) is 16.8. The number of nitrogens with one attached hydrogen (secondary N) is 1. The van der Waals surface area contributed by atoms with Gasteiger partial charge >= 0.3 is 0 Å². The molecule has 1 N–H and O–H groups in total. The summed E-state index contributed by atoms with van der Waals surface area (Å²) in [6.45, 7) is 9.71. The second kappa shape index (κ2) is 10.6. The molecular weight excluding hydrogens is 394 g/mol. The van der Waals surface area contributed by atoms with Crippen molar-refractivity contribution in [3.8, 4) is 0 Å². The highest BCUT2D eigenvalue weighted by Gasteiger charge is 2.25. The first-order chi connectivity index (χ1) is 13.3. The van der Waals surface area contributed by atoms with Gasteiger partial charge in [0.15, 0.2) is 0 Å². The number of carbonyl (C=O) groups is 2. The molecule has 0 saturated carbocycles. The van der Waals surface area contributed by atoms with Crippen molar-refractivity contribution in [2.24, 2.45) is 11.8 Å². The number of nitrogens with zero attached hydrogens (tertiary/aromatic N) is 2. The van der Waals surface area contributed by atoms with Gasteiger partial charge in [0.25, 0.3) is 5.91 Å². The quantitative estimate of drug-likeness (QED) is 0.606. The highest BCUT2D eigenvalue weighted by Crippen LogP contribution is 2.25. The summed E-state index contributed by atoms with van der Waals surface area (Å²) in [5, 5.41) is 4.58. The van der Waals surface area contributed by atoms with E-state index in [1.165, 1.54) is 11.3 Å². The number of amides is 2. The third-order valence-corrected chi connectivity index (χ3v) is 5.26. The normalized spacial score (nSPS) is 12.2. The van der Waals surface area contributed by atoms with E-state index in [-0.39, 0.29) is 17.7 Å². The Bertz CT molecular complexity index is 777. The van der Waals surface area contributed by atoms with E-state index >= 15 is 0 Å². The summed E-state index contributed by atoms with van der Waals surface area (Å²) in [6.07, 6.45) is 0. The van der Waals surface area contributed by atoms with Crippen LogP contribution in [0.25, 0.3) is 0 Å². The van der Waals surface area contributed by atoms with Gasteiger partial charge < -0.3 is 10.2 Å². The van der Waals surface area contributed by atoms with Crippen LogP contribution >= 0.6 is 22.9 Å². The third kappa shape index (κ3) is 6.60. The van der Waals surface area contributed by atoms with Gasteiger partial charge in [-0.05, 0) is 17.4 Å². The summed E-state index contributed by atoms with van der Waals surface area (Å²) in [5.41, 5.74) is 1.17. The molecule has 0 aliphatic rings. The van der Waals surface area contributed by atoms with Crippen LogP contribution in [0.15, 0.2) is 35.7 Å². The second-order valence-corrected chi connectivity index (χ2v) is 9.00. The van der Waals surface area contributed by atoms with Crippen LogP contribution < -0.4 is 5.32 Å². The van der Waals surface area contributed by atoms with Crippen LogP contribution in [0.4, 0.5) is 0 Å². The van der Waals surface area contributed by atoms with Gasteiger partial charge in [-0.1, -0.05) is 58.0 Å². The van der Waals surface area contributed by atoms with E-state index < -0.39 is 5.38 Å². The molecule has 152 valence electrons. The fourth-order valence-corrected chi connectivity index (χ4v) is 3.71. The molecule has 0 fully saturated rings. The number of thiazole rings is 1. The first-order valence-electron chi connectivity index (χ1n) is 9.48. The maximum atomic E-state index is 13.0. The molecule has 0 saturated heterocycles. The highest BCUT2D eigenvalue weighted by atomic mass is 35.5. The lowest BCUT2D eigenvalue weighted by Crippen LogP contribution is -2.36. The number of hydrogen-bond acceptors (Lipinski definition) is 4. The summed E-state index contributed by atoms with van der Waals surface area (Å²) < 4.78 is 0. The van der Waals surface area contributed by atoms with Crippen LogP contribution in [0.2, 0.25) is 0 Å². The summed E-state index contributed by atoms with van der Waals surface area (Å²) in [7, 11) is 0. The molecule has 0 spiro atoms. The minimum Gasteiger partial charge on any atom is -0.350 e. The van der Waals surface area contributed by atoms with Gasteiger partial charge in [0.05, 0.1) is 6.54 Å². The molecule has 5 nitrogen and oxygen atoms in total. The number of halogens is 1. The number of aromatic nitrogens is 1. The van der Waals surface area contributed by atoms with E-state index in [0.29, 0.717) is 31.2 Å². The van der Waals surface area contributed by atoms with E-state index in [1.807, 2.05) is 44.2 Å². The molecule has 1 unspecified atom stereocenters. The van der Waals surface area contributed by atoms with Crippen molar-refractivity contribution in [2.45, 2.75) is 39.6 Å². The smallest absolute Gasteiger partial charge is 0.270 e. The van der Waals surface area contributed by atoms with Gasteiger partial charge in [-0.2, -0.15) is 0 Å². The van der Waals surface area contributed by atoms with Crippen molar-refractivity contribution < 1.29 is 9.59 Å². The molecular formula is C21H28ClN3O2S. The molecule has 0 bridgehead atoms. The number of alkyl halides is 1. The van der Waals surface area contributed by atoms with Crippen molar-refractivity contribution in [1.29, 1.82) is 0 Å². The first-order valence-corrected chi connectivity index (χ1v) is 10.8. The van der Waals surface area contributed by atoms with Crippen LogP contribution in [-0.4, -0.2) is 34.8 Å². The second-order valence-electron chi connectivity index (χ2n) is 7.62. The molecule has 1 heterocycles. The highest BCUT2D eigenvalue weighted by molar-refractivity contribution is 7.09. The minimum absolute atomic E-state index is 0.150. The van der Waals surface area contributed by atoms with Gasteiger partial charge in [0.1, 0.15) is 16.1 Å². The van der Waals surface area contributed by atoms with Crippen LogP contribution in [-0.2, 0) is 11.3 Å². The molecule has 2 aromatic rings. The van der Waals surface area contributed by atoms with Crippen molar-refractivity contribution in [1.82, 2.24) is 15.2 Å². The summed E-state index contributed by atoms with van der Waals surface area (Å²) >= 11 is 7.84. The van der Waals surface area contributed by atoms with E-state index in [1.54, 1.807) is 10.3 Å². The van der Waals surface area contributed by atoms with E-state index in [2.05, 4.69) is 24.1 Å². The molecule has 1 aromatic heterocycles. The van der Waals surface area contributed by atoms with E-state index in [4.69, 9.17) is 11.6 Å². The van der Waals surface area contributed by atoms with Crippen molar-refractivity contribution in [3.05, 3.63) is 52.0 Å². The van der Waals surface area contributed by atoms with Gasteiger partial charge in [-0.15, -0.1) is 22.9 Å². The Morgan fingerprint density at radius 2 is 1.82 bits per heavy atom. The lowest BCUT2D eigenvalue weighted by molar-refractivity contribution is -0.132. The molecule has 1 atom stereocenters. The topological polar surface area (TPSA) is 62.3 Å². The largest absolute Gasteiger partial charge is 0.350 e. The minimum atomic E-state index is -0.742. The Hall–Kier alpha value is -1.92. The van der Waals surface area contributed by atoms with Crippen molar-refractivity contribution in [3.63, 3.8) is 0 Å². The summed E-state index contributed by atoms with van der Waals surface area (Å²) in [5.74, 6) is 0.331. The number of benzene rings is 1. The lowest BCUT2D eigenvalue weighted by Gasteiger charge is -2.26. The molecule has 0 radical (unpaired) electrons. The Balaban J connectivity index is 2.10. The Morgan fingerprint density at radius 3 is 2.43 bits per heavy atom. The van der Waals surface area contributed by atoms with Crippen LogP contribution in [0.5, 0.6) is 0 Å². The standard InChI is InChI=1S/C21H28ClN3O2S/c1-14(2)10-23-20(26)17-13-28-18(24-17)12-25(11-15(3)4)21(27)19(22)16-8-6-5-7-9-16/h5-9,13-15,19H,10-12H2,1-4H3,(H,23,26). The van der Waals surface area contributed by atoms with Crippen LogP contribution in [0, 0.1) is 11.8 Å². The maximum absolute atomic E-state index is 13.0. The third-order valence-electron chi connectivity index (χ3n) is 3.99. The number of hydrogen-bond donors (Lipinski definition) is 1. The lowest BCUT2D eigenvalue weighted by atomic mass is 10.1. The fourth-order valence-electron chi connectivity index (χ4n) is 2.64. The monoisotopic (exact) mass is 421 g/mol. The Kier molecular flexibility index (Phi) is 8.45. The zero-order valence-corrected chi connectivity index (χ0v) is 18.4. The molecule has 28 heavy (non-hydrogen) atoms. The molecule has 0 aliphatic carbocycles.